The van der Waals surface area contributed by atoms with Crippen molar-refractivity contribution < 1.29 is 9.31 Å². The van der Waals surface area contributed by atoms with Gasteiger partial charge in [-0.2, -0.15) is 0 Å². The maximum atomic E-state index is 13.2. The number of hydrogen-bond donors (Lipinski definition) is 0. The largest absolute Gasteiger partial charge is 0.344 e. The zero-order valence-corrected chi connectivity index (χ0v) is 13.8. The maximum absolute atomic E-state index is 13.2. The molecule has 0 unspecified atom stereocenters. The van der Waals surface area contributed by atoms with Crippen molar-refractivity contribution in [1.82, 2.24) is 9.97 Å². The van der Waals surface area contributed by atoms with Crippen molar-refractivity contribution >= 4 is 28.7 Å². The molecule has 25 heavy (non-hydrogen) atoms. The van der Waals surface area contributed by atoms with Gasteiger partial charge >= 0.3 is 5.69 Å². The first-order valence-corrected chi connectivity index (χ1v) is 7.60. The highest BCUT2D eigenvalue weighted by Crippen LogP contribution is 2.39. The van der Waals surface area contributed by atoms with Crippen LogP contribution in [-0.2, 0) is 0 Å². The van der Waals surface area contributed by atoms with E-state index in [2.05, 4.69) is 9.97 Å². The second kappa shape index (κ2) is 6.82. The molecule has 0 bridgehead atoms. The highest BCUT2D eigenvalue weighted by Gasteiger charge is 2.25. The van der Waals surface area contributed by atoms with Crippen LogP contribution in [0.3, 0.4) is 0 Å². The van der Waals surface area contributed by atoms with E-state index in [1.54, 1.807) is 48.3 Å². The molecule has 0 radical (unpaired) electrons. The fraction of sp³-hybridized carbons (Fsp3) is 0.0588. The normalized spacial score (nSPS) is 10.5. The summed E-state index contributed by atoms with van der Waals surface area (Å²) in [4.78, 5) is 20.3. The van der Waals surface area contributed by atoms with Crippen molar-refractivity contribution in [3.8, 4) is 11.3 Å². The highest BCUT2D eigenvalue weighted by molar-refractivity contribution is 6.32. The number of anilines is 2. The Morgan fingerprint density at radius 1 is 1.12 bits per heavy atom. The number of halogens is 2. The summed E-state index contributed by atoms with van der Waals surface area (Å²) in [6.07, 6.45) is 1.18. The van der Waals surface area contributed by atoms with Crippen LogP contribution in [0.25, 0.3) is 11.3 Å². The van der Waals surface area contributed by atoms with E-state index in [1.165, 1.54) is 18.5 Å². The van der Waals surface area contributed by atoms with Gasteiger partial charge in [0.1, 0.15) is 12.1 Å². The molecule has 0 aliphatic carbocycles. The first-order chi connectivity index (χ1) is 12.0. The van der Waals surface area contributed by atoms with Gasteiger partial charge in [0.05, 0.1) is 10.6 Å². The van der Waals surface area contributed by atoms with Gasteiger partial charge in [-0.15, -0.1) is 0 Å². The van der Waals surface area contributed by atoms with Crippen molar-refractivity contribution in [3.05, 3.63) is 75.9 Å². The van der Waals surface area contributed by atoms with Gasteiger partial charge in [-0.05, 0) is 30.3 Å². The Balaban J connectivity index is 2.16. The molecular weight excluding hydrogens is 347 g/mol. The minimum absolute atomic E-state index is 0.120. The summed E-state index contributed by atoms with van der Waals surface area (Å²) < 4.78 is 13.2. The van der Waals surface area contributed by atoms with Crippen molar-refractivity contribution in [2.24, 2.45) is 0 Å². The average Bonchev–Trinajstić information content (AvgIpc) is 2.61. The summed E-state index contributed by atoms with van der Waals surface area (Å²) in [5.74, 6) is -0.344. The highest BCUT2D eigenvalue weighted by atomic mass is 35.5. The molecular formula is C17H12ClFN4O2. The molecule has 2 aromatic carbocycles. The summed E-state index contributed by atoms with van der Waals surface area (Å²) >= 11 is 5.89. The third kappa shape index (κ3) is 3.27. The summed E-state index contributed by atoms with van der Waals surface area (Å²) in [5, 5.41) is 11.2. The standard InChI is InChI=1S/C17H12ClFN4O2/c1-22(12-8-6-11(19)7-9-12)14-5-3-2-4-13(14)15-16(23(24)25)17(18)21-10-20-15/h2-10H,1H3. The van der Waals surface area contributed by atoms with Gasteiger partial charge in [-0.25, -0.2) is 14.4 Å². The molecule has 1 aromatic heterocycles. The van der Waals surface area contributed by atoms with Gasteiger partial charge in [0.15, 0.2) is 5.69 Å². The topological polar surface area (TPSA) is 72.2 Å². The molecule has 0 spiro atoms. The zero-order valence-electron chi connectivity index (χ0n) is 13.1. The van der Waals surface area contributed by atoms with Gasteiger partial charge in [-0.1, -0.05) is 29.8 Å². The van der Waals surface area contributed by atoms with Gasteiger partial charge < -0.3 is 4.90 Å². The molecule has 0 atom stereocenters. The summed E-state index contributed by atoms with van der Waals surface area (Å²) in [7, 11) is 1.78. The predicted octanol–water partition coefficient (Wildman–Crippen LogP) is 4.61. The fourth-order valence-corrected chi connectivity index (χ4v) is 2.69. The van der Waals surface area contributed by atoms with E-state index in [1.807, 2.05) is 0 Å². The van der Waals surface area contributed by atoms with Crippen molar-refractivity contribution in [3.63, 3.8) is 0 Å². The third-order valence-corrected chi connectivity index (χ3v) is 3.97. The summed E-state index contributed by atoms with van der Waals surface area (Å²) in [5.41, 5.74) is 1.66. The first-order valence-electron chi connectivity index (χ1n) is 7.22. The van der Waals surface area contributed by atoms with Gasteiger partial charge in [0, 0.05) is 18.3 Å². The Morgan fingerprint density at radius 2 is 1.80 bits per heavy atom. The Morgan fingerprint density at radius 3 is 2.48 bits per heavy atom. The molecule has 0 aliphatic heterocycles. The van der Waals surface area contributed by atoms with Crippen molar-refractivity contribution in [1.29, 1.82) is 0 Å². The zero-order chi connectivity index (χ0) is 18.0. The second-order valence-electron chi connectivity index (χ2n) is 5.17. The third-order valence-electron chi connectivity index (χ3n) is 3.69. The van der Waals surface area contributed by atoms with Crippen LogP contribution < -0.4 is 4.90 Å². The maximum Gasteiger partial charge on any atom is 0.332 e. The Labute approximate surface area is 147 Å². The molecule has 0 N–H and O–H groups in total. The van der Waals surface area contributed by atoms with E-state index in [9.17, 15) is 14.5 Å². The van der Waals surface area contributed by atoms with Gasteiger partial charge in [0.25, 0.3) is 0 Å². The van der Waals surface area contributed by atoms with E-state index < -0.39 is 4.92 Å². The molecule has 1 heterocycles. The summed E-state index contributed by atoms with van der Waals surface area (Å²) in [6.45, 7) is 0. The number of hydrogen-bond acceptors (Lipinski definition) is 5. The van der Waals surface area contributed by atoms with Crippen LogP contribution in [0.1, 0.15) is 0 Å². The van der Waals surface area contributed by atoms with E-state index >= 15 is 0 Å². The van der Waals surface area contributed by atoms with Gasteiger partial charge in [-0.3, -0.25) is 10.1 Å². The monoisotopic (exact) mass is 358 g/mol. The lowest BCUT2D eigenvalue weighted by molar-refractivity contribution is -0.384. The number of rotatable bonds is 4. The number of nitro groups is 1. The second-order valence-corrected chi connectivity index (χ2v) is 5.53. The van der Waals surface area contributed by atoms with Crippen LogP contribution in [0.2, 0.25) is 5.15 Å². The molecule has 3 rings (SSSR count). The lowest BCUT2D eigenvalue weighted by atomic mass is 10.1. The molecule has 0 amide bonds. The van der Waals surface area contributed by atoms with Crippen molar-refractivity contribution in [2.75, 3.05) is 11.9 Å². The van der Waals surface area contributed by atoms with Crippen LogP contribution in [0.5, 0.6) is 0 Å². The average molecular weight is 359 g/mol. The lowest BCUT2D eigenvalue weighted by Crippen LogP contribution is -2.11. The molecule has 0 fully saturated rings. The minimum Gasteiger partial charge on any atom is -0.344 e. The first kappa shape index (κ1) is 16.8. The molecule has 3 aromatic rings. The smallest absolute Gasteiger partial charge is 0.332 e. The van der Waals surface area contributed by atoms with Crippen molar-refractivity contribution in [2.45, 2.75) is 0 Å². The minimum atomic E-state index is -0.605. The van der Waals surface area contributed by atoms with Crippen LogP contribution in [0.4, 0.5) is 21.5 Å². The van der Waals surface area contributed by atoms with Crippen LogP contribution in [0.15, 0.2) is 54.9 Å². The fourth-order valence-electron chi connectivity index (χ4n) is 2.49. The number of aromatic nitrogens is 2. The molecule has 8 heteroatoms. The Hall–Kier alpha value is -3.06. The van der Waals surface area contributed by atoms with Crippen LogP contribution in [-0.4, -0.2) is 21.9 Å². The van der Waals surface area contributed by atoms with Crippen LogP contribution >= 0.6 is 11.6 Å². The lowest BCUT2D eigenvalue weighted by Gasteiger charge is -2.22. The molecule has 0 saturated carbocycles. The predicted molar refractivity (Wildman–Crippen MR) is 93.6 cm³/mol. The SMILES string of the molecule is CN(c1ccc(F)cc1)c1ccccc1-c1ncnc(Cl)c1[N+](=O)[O-]. The van der Waals surface area contributed by atoms with E-state index in [0.29, 0.717) is 11.3 Å². The Kier molecular flexibility index (Phi) is 4.58. The number of benzene rings is 2. The molecule has 6 nitrogen and oxygen atoms in total. The van der Waals surface area contributed by atoms with E-state index in [0.717, 1.165) is 5.69 Å². The molecule has 0 aliphatic rings. The quantitative estimate of drug-likeness (QED) is 0.387. The molecule has 0 saturated heterocycles. The van der Waals surface area contributed by atoms with E-state index in [-0.39, 0.29) is 22.4 Å². The van der Waals surface area contributed by atoms with Gasteiger partial charge in [0.2, 0.25) is 5.15 Å². The van der Waals surface area contributed by atoms with Crippen LogP contribution in [0, 0.1) is 15.9 Å². The summed E-state index contributed by atoms with van der Waals surface area (Å²) in [6, 6.07) is 13.0. The number of nitrogens with zero attached hydrogens (tertiary/aromatic N) is 4. The molecule has 126 valence electrons. The van der Waals surface area contributed by atoms with E-state index in [4.69, 9.17) is 11.6 Å². The number of para-hydroxylation sites is 1. The Bertz CT molecular complexity index is 934.